The molecule has 0 N–H and O–H groups in total. The van der Waals surface area contributed by atoms with E-state index in [1.807, 2.05) is 0 Å². The molecule has 1 aromatic rings. The fraction of sp³-hybridized carbons (Fsp3) is 0.625. The summed E-state index contributed by atoms with van der Waals surface area (Å²) in [6, 6.07) is 6.61. The van der Waals surface area contributed by atoms with Crippen molar-refractivity contribution in [2.75, 3.05) is 13.2 Å². The summed E-state index contributed by atoms with van der Waals surface area (Å²) in [5.74, 6) is 1.79. The first-order valence-electron chi connectivity index (χ1n) is 7.18. The van der Waals surface area contributed by atoms with Gasteiger partial charge in [-0.2, -0.15) is 0 Å². The second-order valence-corrected chi connectivity index (χ2v) is 5.64. The van der Waals surface area contributed by atoms with Crippen LogP contribution in [-0.2, 0) is 4.74 Å². The fourth-order valence-corrected chi connectivity index (χ4v) is 2.88. The van der Waals surface area contributed by atoms with Crippen LogP contribution in [0.1, 0.15) is 49.1 Å². The van der Waals surface area contributed by atoms with E-state index in [1.165, 1.54) is 43.2 Å². The van der Waals surface area contributed by atoms with E-state index in [-0.39, 0.29) is 0 Å². The normalized spacial score (nSPS) is 23.9. The summed E-state index contributed by atoms with van der Waals surface area (Å²) in [5.41, 5.74) is 2.76. The largest absolute Gasteiger partial charge is 0.490 e. The van der Waals surface area contributed by atoms with Crippen LogP contribution in [0.3, 0.4) is 0 Å². The summed E-state index contributed by atoms with van der Waals surface area (Å²) in [5, 5.41) is 0. The van der Waals surface area contributed by atoms with Crippen molar-refractivity contribution in [3.8, 4) is 5.75 Å². The van der Waals surface area contributed by atoms with Crippen molar-refractivity contribution >= 4 is 0 Å². The van der Waals surface area contributed by atoms with E-state index < -0.39 is 0 Å². The van der Waals surface area contributed by atoms with Crippen molar-refractivity contribution in [3.63, 3.8) is 0 Å². The molecule has 1 atom stereocenters. The highest BCUT2D eigenvalue weighted by molar-refractivity contribution is 5.39. The zero-order valence-corrected chi connectivity index (χ0v) is 11.2. The van der Waals surface area contributed by atoms with Gasteiger partial charge in [-0.05, 0) is 37.3 Å². The molecule has 18 heavy (non-hydrogen) atoms. The Hall–Kier alpha value is -1.02. The Labute approximate surface area is 109 Å². The second-order valence-electron chi connectivity index (χ2n) is 5.64. The minimum absolute atomic E-state index is 0.338. The molecule has 2 nitrogen and oxygen atoms in total. The van der Waals surface area contributed by atoms with Crippen LogP contribution in [-0.4, -0.2) is 19.3 Å². The van der Waals surface area contributed by atoms with Gasteiger partial charge in [0.15, 0.2) is 0 Å². The van der Waals surface area contributed by atoms with E-state index >= 15 is 0 Å². The summed E-state index contributed by atoms with van der Waals surface area (Å²) in [7, 11) is 0. The van der Waals surface area contributed by atoms with Crippen LogP contribution < -0.4 is 4.74 Å². The molecule has 2 aliphatic rings. The molecule has 0 radical (unpaired) electrons. The Bertz CT molecular complexity index is 404. The van der Waals surface area contributed by atoms with Gasteiger partial charge >= 0.3 is 0 Å². The molecule has 3 rings (SSSR count). The maximum atomic E-state index is 5.94. The second kappa shape index (κ2) is 5.31. The predicted molar refractivity (Wildman–Crippen MR) is 72.2 cm³/mol. The molecule has 1 saturated carbocycles. The van der Waals surface area contributed by atoms with Crippen LogP contribution >= 0.6 is 0 Å². The van der Waals surface area contributed by atoms with Gasteiger partial charge in [0.25, 0.3) is 0 Å². The first kappa shape index (κ1) is 12.0. The molecule has 1 aromatic carbocycles. The van der Waals surface area contributed by atoms with Gasteiger partial charge in [-0.3, -0.25) is 0 Å². The quantitative estimate of drug-likeness (QED) is 0.753. The summed E-state index contributed by atoms with van der Waals surface area (Å²) < 4.78 is 11.2. The van der Waals surface area contributed by atoms with Gasteiger partial charge in [-0.25, -0.2) is 0 Å². The average molecular weight is 246 g/mol. The van der Waals surface area contributed by atoms with Crippen LogP contribution in [0.4, 0.5) is 0 Å². The zero-order valence-electron chi connectivity index (χ0n) is 11.2. The van der Waals surface area contributed by atoms with Crippen LogP contribution in [0.2, 0.25) is 0 Å². The number of aryl methyl sites for hydroxylation is 1. The zero-order chi connectivity index (χ0) is 12.4. The summed E-state index contributed by atoms with van der Waals surface area (Å²) >= 11 is 0. The Morgan fingerprint density at radius 3 is 2.72 bits per heavy atom. The van der Waals surface area contributed by atoms with Gasteiger partial charge in [-0.15, -0.1) is 0 Å². The maximum Gasteiger partial charge on any atom is 0.122 e. The molecule has 1 aliphatic carbocycles. The van der Waals surface area contributed by atoms with E-state index in [1.54, 1.807) is 0 Å². The van der Waals surface area contributed by atoms with E-state index in [4.69, 9.17) is 9.47 Å². The van der Waals surface area contributed by atoms with E-state index in [2.05, 4.69) is 25.1 Å². The monoisotopic (exact) mass is 246 g/mol. The van der Waals surface area contributed by atoms with Crippen LogP contribution in [0.5, 0.6) is 5.75 Å². The number of benzene rings is 1. The number of rotatable bonds is 4. The van der Waals surface area contributed by atoms with Crippen LogP contribution in [0.15, 0.2) is 18.2 Å². The summed E-state index contributed by atoms with van der Waals surface area (Å²) in [6.45, 7) is 3.74. The lowest BCUT2D eigenvalue weighted by Gasteiger charge is -2.24. The molecular weight excluding hydrogens is 224 g/mol. The average Bonchev–Trinajstić information content (AvgIpc) is 3.22. The van der Waals surface area contributed by atoms with Crippen molar-refractivity contribution in [3.05, 3.63) is 29.3 Å². The minimum atomic E-state index is 0.338. The number of hydrogen-bond donors (Lipinski definition) is 0. The highest BCUT2D eigenvalue weighted by Crippen LogP contribution is 2.38. The van der Waals surface area contributed by atoms with Crippen molar-refractivity contribution in [1.29, 1.82) is 0 Å². The van der Waals surface area contributed by atoms with Crippen molar-refractivity contribution in [2.45, 2.75) is 51.0 Å². The molecular formula is C16H22O2. The Morgan fingerprint density at radius 2 is 2.00 bits per heavy atom. The van der Waals surface area contributed by atoms with Gasteiger partial charge in [0, 0.05) is 0 Å². The molecule has 0 amide bonds. The molecule has 2 fully saturated rings. The topological polar surface area (TPSA) is 21.8 Å². The fourth-order valence-electron chi connectivity index (χ4n) is 2.88. The molecule has 1 aliphatic heterocycles. The lowest BCUT2D eigenvalue weighted by molar-refractivity contribution is 0.258. The summed E-state index contributed by atoms with van der Waals surface area (Å²) in [6.07, 6.45) is 7.10. The summed E-state index contributed by atoms with van der Waals surface area (Å²) in [4.78, 5) is 0. The predicted octanol–water partition coefficient (Wildman–Crippen LogP) is 3.82. The molecule has 98 valence electrons. The Morgan fingerprint density at radius 1 is 1.22 bits per heavy atom. The molecule has 0 bridgehead atoms. The van der Waals surface area contributed by atoms with Gasteiger partial charge < -0.3 is 9.47 Å². The van der Waals surface area contributed by atoms with Crippen molar-refractivity contribution in [2.24, 2.45) is 0 Å². The molecule has 0 spiro atoms. The smallest absolute Gasteiger partial charge is 0.122 e. The molecule has 1 heterocycles. The third kappa shape index (κ3) is 2.86. The van der Waals surface area contributed by atoms with Gasteiger partial charge in [0.2, 0.25) is 0 Å². The van der Waals surface area contributed by atoms with Crippen LogP contribution in [0, 0.1) is 6.92 Å². The molecule has 2 heteroatoms. The Kier molecular flexibility index (Phi) is 3.55. The van der Waals surface area contributed by atoms with Gasteiger partial charge in [0.05, 0.1) is 6.61 Å². The highest BCUT2D eigenvalue weighted by Gasteiger charge is 2.25. The SMILES string of the molecule is Cc1ccc(OCC2CO2)c(C2CCCCC2)c1. The van der Waals surface area contributed by atoms with Crippen LogP contribution in [0.25, 0.3) is 0 Å². The maximum absolute atomic E-state index is 5.94. The third-order valence-electron chi connectivity index (χ3n) is 4.04. The molecule has 1 saturated heterocycles. The third-order valence-corrected chi connectivity index (χ3v) is 4.04. The highest BCUT2D eigenvalue weighted by atomic mass is 16.6. The van der Waals surface area contributed by atoms with Gasteiger partial charge in [0.1, 0.15) is 18.5 Å². The number of epoxide rings is 1. The van der Waals surface area contributed by atoms with Crippen molar-refractivity contribution in [1.82, 2.24) is 0 Å². The first-order valence-corrected chi connectivity index (χ1v) is 7.18. The lowest BCUT2D eigenvalue weighted by atomic mass is 9.83. The first-order chi connectivity index (χ1) is 8.83. The number of hydrogen-bond acceptors (Lipinski definition) is 2. The molecule has 1 unspecified atom stereocenters. The number of ether oxygens (including phenoxy) is 2. The van der Waals surface area contributed by atoms with Crippen molar-refractivity contribution < 1.29 is 9.47 Å². The standard InChI is InChI=1S/C16H22O2/c1-12-7-8-16(18-11-14-10-17-14)15(9-12)13-5-3-2-4-6-13/h7-9,13-14H,2-6,10-11H2,1H3. The Balaban J connectivity index is 1.77. The minimum Gasteiger partial charge on any atom is -0.490 e. The molecule has 0 aromatic heterocycles. The lowest BCUT2D eigenvalue weighted by Crippen LogP contribution is -2.10. The van der Waals surface area contributed by atoms with E-state index in [0.29, 0.717) is 18.6 Å². The van der Waals surface area contributed by atoms with E-state index in [9.17, 15) is 0 Å². The van der Waals surface area contributed by atoms with Gasteiger partial charge in [-0.1, -0.05) is 37.0 Å². The van der Waals surface area contributed by atoms with E-state index in [0.717, 1.165) is 12.4 Å².